The molecule has 0 aromatic heterocycles. The van der Waals surface area contributed by atoms with E-state index in [9.17, 15) is 9.90 Å². The summed E-state index contributed by atoms with van der Waals surface area (Å²) in [6.45, 7) is 7.26. The lowest BCUT2D eigenvalue weighted by Crippen LogP contribution is -2.29. The third kappa shape index (κ3) is 5.14. The van der Waals surface area contributed by atoms with Crippen molar-refractivity contribution in [1.82, 2.24) is 5.32 Å². The average Bonchev–Trinajstić information content (AvgIpc) is 2.38. The number of carboxylic acid groups (broad SMARTS) is 1. The van der Waals surface area contributed by atoms with Crippen LogP contribution in [0.3, 0.4) is 0 Å². The fourth-order valence-corrected chi connectivity index (χ4v) is 2.61. The number of carboxylic acids is 1. The van der Waals surface area contributed by atoms with Gasteiger partial charge in [0.15, 0.2) is 0 Å². The number of carbonyl (C=O) groups is 1. The molecule has 0 fully saturated rings. The molecule has 0 aliphatic rings. The van der Waals surface area contributed by atoms with Crippen molar-refractivity contribution >= 4 is 17.6 Å². The zero-order chi connectivity index (χ0) is 15.1. The molecule has 0 amide bonds. The summed E-state index contributed by atoms with van der Waals surface area (Å²) >= 11 is 6.21. The molecule has 1 unspecified atom stereocenters. The largest absolute Gasteiger partial charge is 0.481 e. The van der Waals surface area contributed by atoms with E-state index in [2.05, 4.69) is 18.3 Å². The van der Waals surface area contributed by atoms with E-state index in [1.807, 2.05) is 26.0 Å². The molecule has 0 bridgehead atoms. The summed E-state index contributed by atoms with van der Waals surface area (Å²) < 4.78 is 0. The van der Waals surface area contributed by atoms with Gasteiger partial charge in [-0.1, -0.05) is 44.5 Å². The number of benzene rings is 1. The van der Waals surface area contributed by atoms with Gasteiger partial charge in [-0.3, -0.25) is 4.79 Å². The second-order valence-electron chi connectivity index (χ2n) is 5.53. The van der Waals surface area contributed by atoms with E-state index in [-0.39, 0.29) is 5.92 Å². The summed E-state index contributed by atoms with van der Waals surface area (Å²) in [4.78, 5) is 11.2. The van der Waals surface area contributed by atoms with Gasteiger partial charge in [0.2, 0.25) is 0 Å². The normalized spacial score (nSPS) is 12.7. The molecule has 112 valence electrons. The minimum Gasteiger partial charge on any atom is -0.481 e. The quantitative estimate of drug-likeness (QED) is 0.768. The first kappa shape index (κ1) is 17.0. The average molecular weight is 298 g/mol. The Hall–Kier alpha value is -1.06. The standard InChI is InChI=1S/C16H24ClNO2/c1-4-12-6-5-7-15(17)14(12)10-18-9-13(16(19)20)8-11(2)3/h5-7,11,13,18H,4,8-10H2,1-3H3,(H,19,20). The zero-order valence-corrected chi connectivity index (χ0v) is 13.2. The molecule has 1 aromatic carbocycles. The Morgan fingerprint density at radius 3 is 2.65 bits per heavy atom. The van der Waals surface area contributed by atoms with Crippen LogP contribution in [0.15, 0.2) is 18.2 Å². The van der Waals surface area contributed by atoms with Crippen LogP contribution < -0.4 is 5.32 Å². The highest BCUT2D eigenvalue weighted by Crippen LogP contribution is 2.20. The molecule has 4 heteroatoms. The number of aryl methyl sites for hydroxylation is 1. The van der Waals surface area contributed by atoms with Crippen LogP contribution in [0.4, 0.5) is 0 Å². The molecule has 1 rings (SSSR count). The van der Waals surface area contributed by atoms with E-state index in [0.29, 0.717) is 25.4 Å². The molecule has 0 saturated heterocycles. The van der Waals surface area contributed by atoms with Gasteiger partial charge in [0.1, 0.15) is 0 Å². The van der Waals surface area contributed by atoms with Gasteiger partial charge in [-0.2, -0.15) is 0 Å². The Bertz CT molecular complexity index is 446. The molecule has 0 saturated carbocycles. The van der Waals surface area contributed by atoms with Crippen molar-refractivity contribution in [3.8, 4) is 0 Å². The highest BCUT2D eigenvalue weighted by atomic mass is 35.5. The Kier molecular flexibility index (Phi) is 7.03. The molecule has 2 N–H and O–H groups in total. The monoisotopic (exact) mass is 297 g/mol. The number of halogens is 1. The van der Waals surface area contributed by atoms with Gasteiger partial charge in [-0.25, -0.2) is 0 Å². The lowest BCUT2D eigenvalue weighted by molar-refractivity contribution is -0.142. The van der Waals surface area contributed by atoms with E-state index >= 15 is 0 Å². The summed E-state index contributed by atoms with van der Waals surface area (Å²) in [7, 11) is 0. The molecule has 1 atom stereocenters. The van der Waals surface area contributed by atoms with E-state index in [0.717, 1.165) is 17.0 Å². The lowest BCUT2D eigenvalue weighted by atomic mass is 9.97. The third-order valence-electron chi connectivity index (χ3n) is 3.39. The van der Waals surface area contributed by atoms with Crippen LogP contribution in [0.2, 0.25) is 5.02 Å². The second kappa shape index (κ2) is 8.28. The van der Waals surface area contributed by atoms with Crippen molar-refractivity contribution in [1.29, 1.82) is 0 Å². The van der Waals surface area contributed by atoms with Gasteiger partial charge >= 0.3 is 5.97 Å². The Labute approximate surface area is 126 Å². The highest BCUT2D eigenvalue weighted by Gasteiger charge is 2.18. The maximum atomic E-state index is 11.2. The SMILES string of the molecule is CCc1cccc(Cl)c1CNCC(CC(C)C)C(=O)O. The summed E-state index contributed by atoms with van der Waals surface area (Å²) in [6, 6.07) is 5.88. The van der Waals surface area contributed by atoms with Crippen molar-refractivity contribution in [3.63, 3.8) is 0 Å². The second-order valence-corrected chi connectivity index (χ2v) is 5.93. The van der Waals surface area contributed by atoms with Crippen LogP contribution >= 0.6 is 11.6 Å². The smallest absolute Gasteiger partial charge is 0.307 e. The summed E-state index contributed by atoms with van der Waals surface area (Å²) in [5.74, 6) is -0.701. The predicted octanol–water partition coefficient (Wildman–Crippen LogP) is 3.74. The Morgan fingerprint density at radius 2 is 2.10 bits per heavy atom. The predicted molar refractivity (Wildman–Crippen MR) is 83.1 cm³/mol. The van der Waals surface area contributed by atoms with E-state index in [4.69, 9.17) is 11.6 Å². The maximum absolute atomic E-state index is 11.2. The van der Waals surface area contributed by atoms with Crippen LogP contribution in [0.25, 0.3) is 0 Å². The van der Waals surface area contributed by atoms with Crippen molar-refractivity contribution in [2.45, 2.75) is 40.2 Å². The fraction of sp³-hybridized carbons (Fsp3) is 0.562. The summed E-state index contributed by atoms with van der Waals surface area (Å²) in [5, 5.41) is 13.2. The van der Waals surface area contributed by atoms with E-state index in [1.54, 1.807) is 0 Å². The molecular weight excluding hydrogens is 274 g/mol. The first-order valence-electron chi connectivity index (χ1n) is 7.15. The molecule has 3 nitrogen and oxygen atoms in total. The zero-order valence-electron chi connectivity index (χ0n) is 12.4. The van der Waals surface area contributed by atoms with Crippen LogP contribution in [0.5, 0.6) is 0 Å². The van der Waals surface area contributed by atoms with Crippen molar-refractivity contribution in [3.05, 3.63) is 34.3 Å². The molecule has 0 radical (unpaired) electrons. The van der Waals surface area contributed by atoms with Crippen LogP contribution in [0.1, 0.15) is 38.3 Å². The number of rotatable bonds is 8. The molecule has 0 aliphatic carbocycles. The molecule has 20 heavy (non-hydrogen) atoms. The molecule has 0 aliphatic heterocycles. The van der Waals surface area contributed by atoms with Gasteiger partial charge in [-0.15, -0.1) is 0 Å². The van der Waals surface area contributed by atoms with Crippen molar-refractivity contribution in [2.24, 2.45) is 11.8 Å². The summed E-state index contributed by atoms with van der Waals surface area (Å²) in [5.41, 5.74) is 2.28. The molecule has 0 heterocycles. The Balaban J connectivity index is 2.61. The first-order chi connectivity index (χ1) is 9.45. The van der Waals surface area contributed by atoms with Gasteiger partial charge in [0, 0.05) is 18.1 Å². The fourth-order valence-electron chi connectivity index (χ4n) is 2.34. The van der Waals surface area contributed by atoms with Crippen molar-refractivity contribution in [2.75, 3.05) is 6.54 Å². The third-order valence-corrected chi connectivity index (χ3v) is 3.75. The Morgan fingerprint density at radius 1 is 1.40 bits per heavy atom. The van der Waals surface area contributed by atoms with Gasteiger partial charge in [0.05, 0.1) is 5.92 Å². The van der Waals surface area contributed by atoms with Crippen LogP contribution in [0, 0.1) is 11.8 Å². The molecule has 1 aromatic rings. The molecular formula is C16H24ClNO2. The number of aliphatic carboxylic acids is 1. The first-order valence-corrected chi connectivity index (χ1v) is 7.53. The van der Waals surface area contributed by atoms with Gasteiger partial charge < -0.3 is 10.4 Å². The molecule has 0 spiro atoms. The van der Waals surface area contributed by atoms with E-state index < -0.39 is 5.97 Å². The van der Waals surface area contributed by atoms with Gasteiger partial charge in [-0.05, 0) is 36.0 Å². The van der Waals surface area contributed by atoms with Crippen LogP contribution in [-0.2, 0) is 17.8 Å². The number of hydrogen-bond acceptors (Lipinski definition) is 2. The van der Waals surface area contributed by atoms with Crippen LogP contribution in [-0.4, -0.2) is 17.6 Å². The topological polar surface area (TPSA) is 49.3 Å². The lowest BCUT2D eigenvalue weighted by Gasteiger charge is -2.17. The minimum absolute atomic E-state index is 0.345. The maximum Gasteiger partial charge on any atom is 0.307 e. The minimum atomic E-state index is -0.735. The summed E-state index contributed by atoms with van der Waals surface area (Å²) in [6.07, 6.45) is 1.61. The number of nitrogens with one attached hydrogen (secondary N) is 1. The van der Waals surface area contributed by atoms with E-state index in [1.165, 1.54) is 5.56 Å². The van der Waals surface area contributed by atoms with Gasteiger partial charge in [0.25, 0.3) is 0 Å². The van der Waals surface area contributed by atoms with Crippen molar-refractivity contribution < 1.29 is 9.90 Å². The number of hydrogen-bond donors (Lipinski definition) is 2. The highest BCUT2D eigenvalue weighted by molar-refractivity contribution is 6.31.